The van der Waals surface area contributed by atoms with Crippen LogP contribution in [0.5, 0.6) is 0 Å². The molecule has 1 atom stereocenters. The summed E-state index contributed by atoms with van der Waals surface area (Å²) < 4.78 is 26.7. The number of amides is 1. The van der Waals surface area contributed by atoms with E-state index in [-0.39, 0.29) is 30.4 Å². The van der Waals surface area contributed by atoms with Gasteiger partial charge in [-0.3, -0.25) is 9.59 Å². The highest BCUT2D eigenvalue weighted by Crippen LogP contribution is 2.40. The standard InChI is InChI=1S/C16H20N2O5S/c1-11(19)17-8-9-18(15(10-17)16(20)21)24(22,23)14-6-4-13(5-7-14)12-2-3-12/h4-7,12,15H,2-3,8-10H2,1H3,(H,20,21)/t15-/m1/s1. The molecule has 8 heteroatoms. The van der Waals surface area contributed by atoms with Crippen molar-refractivity contribution in [2.24, 2.45) is 0 Å². The minimum Gasteiger partial charge on any atom is -0.480 e. The van der Waals surface area contributed by atoms with E-state index in [0.717, 1.165) is 22.7 Å². The van der Waals surface area contributed by atoms with Crippen LogP contribution in [0.25, 0.3) is 0 Å². The summed E-state index contributed by atoms with van der Waals surface area (Å²) in [5.74, 6) is -0.987. The highest BCUT2D eigenvalue weighted by Gasteiger charge is 2.40. The fourth-order valence-electron chi connectivity index (χ4n) is 3.01. The van der Waals surface area contributed by atoms with E-state index in [4.69, 9.17) is 0 Å². The molecule has 1 aromatic carbocycles. The molecular weight excluding hydrogens is 332 g/mol. The van der Waals surface area contributed by atoms with Gasteiger partial charge in [-0.1, -0.05) is 12.1 Å². The number of rotatable bonds is 4. The zero-order valence-corrected chi connectivity index (χ0v) is 14.2. The van der Waals surface area contributed by atoms with Gasteiger partial charge in [0.25, 0.3) is 0 Å². The van der Waals surface area contributed by atoms with Crippen molar-refractivity contribution in [1.82, 2.24) is 9.21 Å². The average molecular weight is 352 g/mol. The molecule has 2 aliphatic rings. The number of hydrogen-bond donors (Lipinski definition) is 1. The first kappa shape index (κ1) is 16.9. The number of carbonyl (C=O) groups excluding carboxylic acids is 1. The second-order valence-corrected chi connectivity index (χ2v) is 8.17. The molecule has 0 spiro atoms. The number of benzene rings is 1. The SMILES string of the molecule is CC(=O)N1CCN(S(=O)(=O)c2ccc(C3CC3)cc2)[C@@H](C(=O)O)C1. The van der Waals surface area contributed by atoms with E-state index in [2.05, 4.69) is 0 Å². The maximum Gasteiger partial charge on any atom is 0.323 e. The molecule has 130 valence electrons. The molecule has 1 heterocycles. The van der Waals surface area contributed by atoms with Gasteiger partial charge in [0, 0.05) is 26.6 Å². The molecule has 0 bridgehead atoms. The van der Waals surface area contributed by atoms with Crippen LogP contribution in [0.1, 0.15) is 31.2 Å². The zero-order valence-electron chi connectivity index (χ0n) is 13.4. The molecule has 1 amide bonds. The Morgan fingerprint density at radius 3 is 2.25 bits per heavy atom. The summed E-state index contributed by atoms with van der Waals surface area (Å²) in [6, 6.07) is 5.41. The number of nitrogens with zero attached hydrogens (tertiary/aromatic N) is 2. The van der Waals surface area contributed by atoms with Gasteiger partial charge in [-0.25, -0.2) is 8.42 Å². The monoisotopic (exact) mass is 352 g/mol. The molecule has 1 N–H and O–H groups in total. The fraction of sp³-hybridized carbons (Fsp3) is 0.500. The number of hydrogen-bond acceptors (Lipinski definition) is 4. The highest BCUT2D eigenvalue weighted by molar-refractivity contribution is 7.89. The summed E-state index contributed by atoms with van der Waals surface area (Å²) in [6.07, 6.45) is 2.25. The third-order valence-electron chi connectivity index (χ3n) is 4.60. The smallest absolute Gasteiger partial charge is 0.323 e. The van der Waals surface area contributed by atoms with Crippen LogP contribution in [0.15, 0.2) is 29.2 Å². The van der Waals surface area contributed by atoms with Gasteiger partial charge < -0.3 is 10.0 Å². The van der Waals surface area contributed by atoms with Crippen LogP contribution in [0.3, 0.4) is 0 Å². The van der Waals surface area contributed by atoms with Gasteiger partial charge in [0.1, 0.15) is 6.04 Å². The molecule has 0 radical (unpaired) electrons. The van der Waals surface area contributed by atoms with Gasteiger partial charge in [-0.2, -0.15) is 4.31 Å². The van der Waals surface area contributed by atoms with Gasteiger partial charge in [0.15, 0.2) is 0 Å². The molecule has 1 saturated heterocycles. The molecule has 2 fully saturated rings. The van der Waals surface area contributed by atoms with E-state index < -0.39 is 22.0 Å². The van der Waals surface area contributed by atoms with Gasteiger partial charge >= 0.3 is 5.97 Å². The number of piperazine rings is 1. The third-order valence-corrected chi connectivity index (χ3v) is 6.52. The Kier molecular flexibility index (Phi) is 4.35. The molecule has 0 unspecified atom stereocenters. The average Bonchev–Trinajstić information content (AvgIpc) is 3.39. The van der Waals surface area contributed by atoms with E-state index in [1.165, 1.54) is 11.8 Å². The predicted octanol–water partition coefficient (Wildman–Crippen LogP) is 0.870. The predicted molar refractivity (Wildman–Crippen MR) is 86.0 cm³/mol. The van der Waals surface area contributed by atoms with Crippen molar-refractivity contribution in [3.63, 3.8) is 0 Å². The number of carboxylic acid groups (broad SMARTS) is 1. The second kappa shape index (κ2) is 6.18. The van der Waals surface area contributed by atoms with Crippen molar-refractivity contribution in [2.75, 3.05) is 19.6 Å². The van der Waals surface area contributed by atoms with Crippen molar-refractivity contribution in [1.29, 1.82) is 0 Å². The topological polar surface area (TPSA) is 95.0 Å². The maximum atomic E-state index is 12.8. The van der Waals surface area contributed by atoms with Gasteiger partial charge in [0.05, 0.1) is 4.90 Å². The molecule has 7 nitrogen and oxygen atoms in total. The Hall–Kier alpha value is -1.93. The van der Waals surface area contributed by atoms with Crippen molar-refractivity contribution < 1.29 is 23.1 Å². The molecule has 24 heavy (non-hydrogen) atoms. The first-order chi connectivity index (χ1) is 11.3. The Morgan fingerprint density at radius 1 is 1.12 bits per heavy atom. The molecule has 1 saturated carbocycles. The largest absolute Gasteiger partial charge is 0.480 e. The van der Waals surface area contributed by atoms with Crippen molar-refractivity contribution >= 4 is 21.9 Å². The van der Waals surface area contributed by atoms with Crippen LogP contribution in [0, 0.1) is 0 Å². The van der Waals surface area contributed by atoms with Crippen LogP contribution in [0.2, 0.25) is 0 Å². The van der Waals surface area contributed by atoms with Gasteiger partial charge in [-0.15, -0.1) is 0 Å². The summed E-state index contributed by atoms with van der Waals surface area (Å²) in [7, 11) is -3.91. The zero-order chi connectivity index (χ0) is 17.5. The fourth-order valence-corrected chi connectivity index (χ4v) is 4.57. The normalized spacial score (nSPS) is 22.4. The summed E-state index contributed by atoms with van der Waals surface area (Å²) in [5.41, 5.74) is 1.12. The summed E-state index contributed by atoms with van der Waals surface area (Å²) in [4.78, 5) is 24.4. The van der Waals surface area contributed by atoms with Crippen molar-refractivity contribution in [2.45, 2.75) is 36.6 Å². The van der Waals surface area contributed by atoms with Crippen molar-refractivity contribution in [3.05, 3.63) is 29.8 Å². The Morgan fingerprint density at radius 2 is 1.75 bits per heavy atom. The van der Waals surface area contributed by atoms with Crippen LogP contribution < -0.4 is 0 Å². The lowest BCUT2D eigenvalue weighted by molar-refractivity contribution is -0.145. The molecule has 1 aliphatic heterocycles. The first-order valence-corrected chi connectivity index (χ1v) is 9.35. The second-order valence-electron chi connectivity index (χ2n) is 6.28. The maximum absolute atomic E-state index is 12.8. The number of carbonyl (C=O) groups is 2. The number of aliphatic carboxylic acids is 1. The minimum absolute atomic E-state index is 0.0245. The molecule has 0 aromatic heterocycles. The Balaban J connectivity index is 1.86. The van der Waals surface area contributed by atoms with Crippen LogP contribution >= 0.6 is 0 Å². The number of carboxylic acids is 1. The molecule has 1 aliphatic carbocycles. The van der Waals surface area contributed by atoms with E-state index in [1.54, 1.807) is 24.3 Å². The Bertz CT molecular complexity index is 755. The first-order valence-electron chi connectivity index (χ1n) is 7.91. The van der Waals surface area contributed by atoms with Gasteiger partial charge in [0.2, 0.25) is 15.9 Å². The lowest BCUT2D eigenvalue weighted by Gasteiger charge is -2.38. The molecule has 1 aromatic rings. The highest BCUT2D eigenvalue weighted by atomic mass is 32.2. The van der Waals surface area contributed by atoms with Crippen molar-refractivity contribution in [3.8, 4) is 0 Å². The van der Waals surface area contributed by atoms with E-state index in [9.17, 15) is 23.1 Å². The lowest BCUT2D eigenvalue weighted by atomic mass is 10.1. The summed E-state index contributed by atoms with van der Waals surface area (Å²) in [6.45, 7) is 1.38. The van der Waals surface area contributed by atoms with Gasteiger partial charge in [-0.05, 0) is 36.5 Å². The molecular formula is C16H20N2O5S. The lowest BCUT2D eigenvalue weighted by Crippen LogP contribution is -2.58. The summed E-state index contributed by atoms with van der Waals surface area (Å²) >= 11 is 0. The van der Waals surface area contributed by atoms with Crippen LogP contribution in [-0.4, -0.2) is 60.3 Å². The number of sulfonamides is 1. The van der Waals surface area contributed by atoms with E-state index in [0.29, 0.717) is 5.92 Å². The minimum atomic E-state index is -3.91. The Labute approximate surface area is 140 Å². The molecule has 3 rings (SSSR count). The quantitative estimate of drug-likeness (QED) is 0.868. The van der Waals surface area contributed by atoms with E-state index in [1.807, 2.05) is 0 Å². The third kappa shape index (κ3) is 3.16. The van der Waals surface area contributed by atoms with Crippen LogP contribution in [-0.2, 0) is 19.6 Å². The van der Waals surface area contributed by atoms with Crippen LogP contribution in [0.4, 0.5) is 0 Å². The summed E-state index contributed by atoms with van der Waals surface area (Å²) in [5, 5.41) is 9.40. The van der Waals surface area contributed by atoms with E-state index >= 15 is 0 Å².